The van der Waals surface area contributed by atoms with Crippen LogP contribution in [0.1, 0.15) is 86.0 Å². The van der Waals surface area contributed by atoms with Crippen LogP contribution in [0.5, 0.6) is 0 Å². The summed E-state index contributed by atoms with van der Waals surface area (Å²) in [5, 5.41) is 14.7. The molecule has 2 aromatic carbocycles. The normalized spacial score (nSPS) is 12.9. The third-order valence-electron chi connectivity index (χ3n) is 7.29. The number of hydrogen-bond donors (Lipinski definition) is 3. The molecule has 1 aliphatic carbocycles. The van der Waals surface area contributed by atoms with Crippen molar-refractivity contribution in [2.45, 2.75) is 77.0 Å². The lowest BCUT2D eigenvalue weighted by Gasteiger charge is -2.19. The van der Waals surface area contributed by atoms with Crippen molar-refractivity contribution in [1.29, 1.82) is 0 Å². The molecule has 1 aliphatic rings. The molecule has 0 aliphatic heterocycles. The van der Waals surface area contributed by atoms with Gasteiger partial charge in [-0.3, -0.25) is 9.78 Å². The van der Waals surface area contributed by atoms with E-state index in [1.807, 2.05) is 48.5 Å². The summed E-state index contributed by atoms with van der Waals surface area (Å²) in [5.41, 5.74) is 4.84. The number of carboxylic acids is 1. The van der Waals surface area contributed by atoms with Crippen molar-refractivity contribution in [3.8, 4) is 11.1 Å². The quantitative estimate of drug-likeness (QED) is 0.154. The third kappa shape index (κ3) is 8.89. The molecule has 0 unspecified atom stereocenters. The van der Waals surface area contributed by atoms with E-state index in [1.165, 1.54) is 6.20 Å². The van der Waals surface area contributed by atoms with E-state index >= 15 is 0 Å². The molecular weight excluding hydrogens is 562 g/mol. The number of alkyl carbamates (subject to hydrolysis) is 2. The molecule has 0 saturated heterocycles. The molecule has 3 N–H and O–H groups in total. The van der Waals surface area contributed by atoms with Crippen LogP contribution in [0.3, 0.4) is 0 Å². The Morgan fingerprint density at radius 2 is 1.55 bits per heavy atom. The molecule has 10 heteroatoms. The number of carboxylic acid groups (broad SMARTS) is 1. The molecule has 1 heterocycles. The lowest BCUT2D eigenvalue weighted by molar-refractivity contribution is -0.139. The highest BCUT2D eigenvalue weighted by molar-refractivity contribution is 5.95. The number of benzene rings is 2. The zero-order chi connectivity index (χ0) is 31.7. The summed E-state index contributed by atoms with van der Waals surface area (Å²) in [7, 11) is 0. The first-order valence-corrected chi connectivity index (χ1v) is 14.8. The van der Waals surface area contributed by atoms with Crippen molar-refractivity contribution in [2.75, 3.05) is 6.61 Å². The lowest BCUT2D eigenvalue weighted by Crippen LogP contribution is -2.41. The minimum Gasteiger partial charge on any atom is -0.480 e. The second-order valence-corrected chi connectivity index (χ2v) is 11.8. The Morgan fingerprint density at radius 1 is 0.886 bits per heavy atom. The van der Waals surface area contributed by atoms with Gasteiger partial charge < -0.3 is 25.2 Å². The van der Waals surface area contributed by atoms with Crippen LogP contribution in [0.4, 0.5) is 9.59 Å². The molecule has 1 atom stereocenters. The Bertz CT molecular complexity index is 1440. The van der Waals surface area contributed by atoms with Crippen LogP contribution in [-0.2, 0) is 20.8 Å². The van der Waals surface area contributed by atoms with Gasteiger partial charge in [-0.1, -0.05) is 61.4 Å². The smallest absolute Gasteiger partial charge is 0.407 e. The SMILES string of the molecule is CC(C)(C)OC(=O)NCc1ccc(C(=O)CCCCC[C@H](NC(=O)OCC2c3ccccc3-c3ccccc32)C(=O)O)cn1. The standard InChI is InChI=1S/C34H39N3O7/c1-34(2,3)44-32(41)36-20-23-18-17-22(19-35-23)30(38)16-6-4-5-15-29(31(39)40)37-33(42)43-21-28-26-13-9-7-11-24(26)25-12-8-10-14-27(25)28/h7-14,17-19,28-29H,4-6,15-16,20-21H2,1-3H3,(H,36,41)(H,37,42)(H,39,40)/t29-/m0/s1. The van der Waals surface area contributed by atoms with E-state index in [2.05, 4.69) is 15.6 Å². The highest BCUT2D eigenvalue weighted by Gasteiger charge is 2.29. The zero-order valence-corrected chi connectivity index (χ0v) is 25.3. The number of amides is 2. The summed E-state index contributed by atoms with van der Waals surface area (Å²) in [5.74, 6) is -1.33. The van der Waals surface area contributed by atoms with E-state index in [1.54, 1.807) is 32.9 Å². The molecule has 44 heavy (non-hydrogen) atoms. The highest BCUT2D eigenvalue weighted by atomic mass is 16.6. The maximum absolute atomic E-state index is 12.6. The minimum absolute atomic E-state index is 0.0734. The van der Waals surface area contributed by atoms with Gasteiger partial charge in [-0.05, 0) is 68.0 Å². The Morgan fingerprint density at radius 3 is 2.14 bits per heavy atom. The van der Waals surface area contributed by atoms with Crippen LogP contribution in [0.2, 0.25) is 0 Å². The molecular formula is C34H39N3O7. The van der Waals surface area contributed by atoms with Crippen LogP contribution in [0.15, 0.2) is 66.9 Å². The van der Waals surface area contributed by atoms with Gasteiger partial charge in [-0.15, -0.1) is 0 Å². The van der Waals surface area contributed by atoms with Crippen LogP contribution in [-0.4, -0.2) is 52.3 Å². The van der Waals surface area contributed by atoms with Gasteiger partial charge in [0.15, 0.2) is 5.78 Å². The summed E-state index contributed by atoms with van der Waals surface area (Å²) in [6.45, 7) is 5.61. The van der Waals surface area contributed by atoms with Gasteiger partial charge in [0.2, 0.25) is 0 Å². The molecule has 10 nitrogen and oxygen atoms in total. The monoisotopic (exact) mass is 601 g/mol. The predicted molar refractivity (Wildman–Crippen MR) is 164 cm³/mol. The van der Waals surface area contributed by atoms with Crippen molar-refractivity contribution < 1.29 is 33.8 Å². The molecule has 0 spiro atoms. The van der Waals surface area contributed by atoms with Gasteiger partial charge in [-0.25, -0.2) is 14.4 Å². The Hall–Kier alpha value is -4.73. The molecule has 4 rings (SSSR count). The van der Waals surface area contributed by atoms with Gasteiger partial charge in [0, 0.05) is 24.1 Å². The van der Waals surface area contributed by atoms with Gasteiger partial charge in [-0.2, -0.15) is 0 Å². The summed E-state index contributed by atoms with van der Waals surface area (Å²) in [6.07, 6.45) is 2.37. The largest absolute Gasteiger partial charge is 0.480 e. The number of hydrogen-bond acceptors (Lipinski definition) is 7. The zero-order valence-electron chi connectivity index (χ0n) is 25.3. The number of fused-ring (bicyclic) bond motifs is 3. The van der Waals surface area contributed by atoms with Crippen molar-refractivity contribution in [3.63, 3.8) is 0 Å². The summed E-state index contributed by atoms with van der Waals surface area (Å²) < 4.78 is 10.7. The second-order valence-electron chi connectivity index (χ2n) is 11.8. The fraction of sp³-hybridized carbons (Fsp3) is 0.382. The van der Waals surface area contributed by atoms with Crippen molar-refractivity contribution in [1.82, 2.24) is 15.6 Å². The molecule has 0 radical (unpaired) electrons. The summed E-state index contributed by atoms with van der Waals surface area (Å²) in [4.78, 5) is 52.9. The van der Waals surface area contributed by atoms with E-state index in [-0.39, 0.29) is 37.7 Å². The van der Waals surface area contributed by atoms with Crippen LogP contribution in [0, 0.1) is 0 Å². The molecule has 0 fully saturated rings. The highest BCUT2D eigenvalue weighted by Crippen LogP contribution is 2.44. The maximum Gasteiger partial charge on any atom is 0.407 e. The van der Waals surface area contributed by atoms with Gasteiger partial charge >= 0.3 is 18.2 Å². The molecule has 0 saturated carbocycles. The summed E-state index contributed by atoms with van der Waals surface area (Å²) >= 11 is 0. The number of nitrogens with one attached hydrogen (secondary N) is 2. The average Bonchev–Trinajstić information content (AvgIpc) is 3.31. The van der Waals surface area contributed by atoms with Gasteiger partial charge in [0.1, 0.15) is 18.2 Å². The van der Waals surface area contributed by atoms with Crippen molar-refractivity contribution >= 4 is 23.9 Å². The van der Waals surface area contributed by atoms with E-state index in [9.17, 15) is 24.3 Å². The van der Waals surface area contributed by atoms with Crippen LogP contribution in [0.25, 0.3) is 11.1 Å². The van der Waals surface area contributed by atoms with Gasteiger partial charge in [0.05, 0.1) is 12.2 Å². The number of aliphatic carboxylic acids is 1. The predicted octanol–water partition coefficient (Wildman–Crippen LogP) is 6.23. The number of rotatable bonds is 13. The first kappa shape index (κ1) is 32.2. The van der Waals surface area contributed by atoms with E-state index < -0.39 is 29.8 Å². The summed E-state index contributed by atoms with van der Waals surface area (Å²) in [6, 6.07) is 18.2. The van der Waals surface area contributed by atoms with E-state index in [4.69, 9.17) is 9.47 Å². The number of carbonyl (C=O) groups is 4. The lowest BCUT2D eigenvalue weighted by atomic mass is 9.98. The fourth-order valence-corrected chi connectivity index (χ4v) is 5.17. The minimum atomic E-state index is -1.14. The molecule has 3 aromatic rings. The third-order valence-corrected chi connectivity index (χ3v) is 7.29. The number of ketones is 1. The average molecular weight is 602 g/mol. The Balaban J connectivity index is 1.16. The number of nitrogens with zero attached hydrogens (tertiary/aromatic N) is 1. The number of unbranched alkanes of at least 4 members (excludes halogenated alkanes) is 2. The van der Waals surface area contributed by atoms with Crippen LogP contribution >= 0.6 is 0 Å². The molecule has 232 valence electrons. The van der Waals surface area contributed by atoms with E-state index in [0.717, 1.165) is 22.3 Å². The number of carbonyl (C=O) groups excluding carboxylic acids is 3. The first-order chi connectivity index (χ1) is 21.0. The number of aromatic nitrogens is 1. The maximum atomic E-state index is 12.6. The van der Waals surface area contributed by atoms with Crippen molar-refractivity contribution in [3.05, 3.63) is 89.2 Å². The topological polar surface area (TPSA) is 144 Å². The molecule has 2 amide bonds. The fourth-order valence-electron chi connectivity index (χ4n) is 5.17. The van der Waals surface area contributed by atoms with E-state index in [0.29, 0.717) is 30.5 Å². The number of Topliss-reactive ketones (excluding diaryl/α,β-unsaturated/α-hetero) is 1. The Kier molecular flexibility index (Phi) is 10.7. The number of ether oxygens (including phenoxy) is 2. The number of pyridine rings is 1. The molecule has 1 aromatic heterocycles. The molecule has 0 bridgehead atoms. The first-order valence-electron chi connectivity index (χ1n) is 14.8. The van der Waals surface area contributed by atoms with Crippen LogP contribution < -0.4 is 10.6 Å². The second kappa shape index (κ2) is 14.6. The van der Waals surface area contributed by atoms with Crippen molar-refractivity contribution in [2.24, 2.45) is 0 Å². The van der Waals surface area contributed by atoms with Gasteiger partial charge in [0.25, 0.3) is 0 Å². The Labute approximate surface area is 257 Å².